The minimum Gasteiger partial charge on any atom is -0.451 e. The molecule has 0 aliphatic carbocycles. The zero-order valence-electron chi connectivity index (χ0n) is 18.3. The van der Waals surface area contributed by atoms with Crippen molar-refractivity contribution in [2.45, 2.75) is 24.5 Å². The van der Waals surface area contributed by atoms with Gasteiger partial charge >= 0.3 is 5.97 Å². The van der Waals surface area contributed by atoms with Gasteiger partial charge in [0, 0.05) is 5.56 Å². The van der Waals surface area contributed by atoms with Gasteiger partial charge in [-0.15, -0.1) is 0 Å². The lowest BCUT2D eigenvalue weighted by Crippen LogP contribution is -2.52. The van der Waals surface area contributed by atoms with Crippen LogP contribution in [0.4, 0.5) is 5.82 Å². The SMILES string of the molecule is O=C(Nc1ncnc2c1ncn2C1OCC(O)C(O)C1OC(=O)c1ccccc1)c1ccccc1. The zero-order chi connectivity index (χ0) is 24.4. The molecule has 4 unspecified atom stereocenters. The van der Waals surface area contributed by atoms with E-state index >= 15 is 0 Å². The molecule has 1 amide bonds. The van der Waals surface area contributed by atoms with E-state index in [0.29, 0.717) is 5.56 Å². The molecule has 1 saturated heterocycles. The van der Waals surface area contributed by atoms with E-state index in [9.17, 15) is 19.8 Å². The van der Waals surface area contributed by atoms with E-state index in [1.807, 2.05) is 0 Å². The Labute approximate surface area is 199 Å². The van der Waals surface area contributed by atoms with Crippen LogP contribution in [0, 0.1) is 0 Å². The number of amides is 1. The maximum Gasteiger partial charge on any atom is 0.338 e. The highest BCUT2D eigenvalue weighted by Gasteiger charge is 2.43. The quantitative estimate of drug-likeness (QED) is 0.366. The number of fused-ring (bicyclic) bond motifs is 1. The Balaban J connectivity index is 1.45. The standard InChI is InChI=1S/C24H21N5O6/c30-16-11-34-23(19(18(16)31)35-24(33)15-9-5-2-6-10-15)29-13-27-17-20(25-12-26-21(17)29)28-22(32)14-7-3-1-4-8-14/h1-10,12-13,16,18-19,23,30-31H,11H2,(H,25,26,28,32). The van der Waals surface area contributed by atoms with E-state index in [4.69, 9.17) is 9.47 Å². The molecule has 5 rings (SSSR count). The van der Waals surface area contributed by atoms with Crippen LogP contribution in [-0.4, -0.2) is 66.5 Å². The molecule has 0 spiro atoms. The number of rotatable bonds is 5. The van der Waals surface area contributed by atoms with Gasteiger partial charge in [-0.05, 0) is 24.3 Å². The van der Waals surface area contributed by atoms with E-state index in [0.717, 1.165) is 0 Å². The minimum absolute atomic E-state index is 0.178. The largest absolute Gasteiger partial charge is 0.451 e. The number of carbonyl (C=O) groups is 2. The van der Waals surface area contributed by atoms with Crippen molar-refractivity contribution >= 4 is 28.9 Å². The van der Waals surface area contributed by atoms with Crippen LogP contribution in [0.3, 0.4) is 0 Å². The minimum atomic E-state index is -1.42. The predicted octanol–water partition coefficient (Wildman–Crippen LogP) is 1.55. The molecule has 3 heterocycles. The second-order valence-electron chi connectivity index (χ2n) is 7.88. The maximum absolute atomic E-state index is 12.7. The number of imidazole rings is 1. The van der Waals surface area contributed by atoms with Crippen LogP contribution in [0.1, 0.15) is 26.9 Å². The monoisotopic (exact) mass is 475 g/mol. The molecule has 178 valence electrons. The summed E-state index contributed by atoms with van der Waals surface area (Å²) in [5, 5.41) is 23.5. The number of aliphatic hydroxyl groups is 2. The van der Waals surface area contributed by atoms with Crippen molar-refractivity contribution in [2.24, 2.45) is 0 Å². The fourth-order valence-electron chi connectivity index (χ4n) is 3.81. The highest BCUT2D eigenvalue weighted by molar-refractivity contribution is 6.06. The van der Waals surface area contributed by atoms with E-state index in [1.54, 1.807) is 60.7 Å². The number of hydrogen-bond acceptors (Lipinski definition) is 9. The molecular weight excluding hydrogens is 454 g/mol. The third-order valence-corrected chi connectivity index (χ3v) is 5.60. The number of benzene rings is 2. The number of aromatic nitrogens is 4. The van der Waals surface area contributed by atoms with Crippen LogP contribution in [-0.2, 0) is 9.47 Å². The number of aliphatic hydroxyl groups excluding tert-OH is 2. The highest BCUT2D eigenvalue weighted by Crippen LogP contribution is 2.31. The van der Waals surface area contributed by atoms with Crippen molar-refractivity contribution in [3.05, 3.63) is 84.4 Å². The van der Waals surface area contributed by atoms with Gasteiger partial charge in [-0.2, -0.15) is 0 Å². The fraction of sp³-hybridized carbons (Fsp3) is 0.208. The van der Waals surface area contributed by atoms with E-state index < -0.39 is 30.5 Å². The Kier molecular flexibility index (Phi) is 6.19. The molecule has 1 aliphatic heterocycles. The average Bonchev–Trinajstić information content (AvgIpc) is 3.33. The van der Waals surface area contributed by atoms with Gasteiger partial charge < -0.3 is 25.0 Å². The summed E-state index contributed by atoms with van der Waals surface area (Å²) in [6, 6.07) is 16.9. The average molecular weight is 475 g/mol. The lowest BCUT2D eigenvalue weighted by molar-refractivity contribution is -0.210. The van der Waals surface area contributed by atoms with Crippen LogP contribution in [0.15, 0.2) is 73.3 Å². The smallest absolute Gasteiger partial charge is 0.338 e. The number of nitrogens with zero attached hydrogens (tertiary/aromatic N) is 4. The van der Waals surface area contributed by atoms with Crippen LogP contribution >= 0.6 is 0 Å². The second kappa shape index (κ2) is 9.58. The molecule has 2 aromatic heterocycles. The Bertz CT molecular complexity index is 1350. The molecular formula is C24H21N5O6. The first-order chi connectivity index (χ1) is 17.0. The summed E-state index contributed by atoms with van der Waals surface area (Å²) in [6.45, 7) is -0.201. The van der Waals surface area contributed by atoms with Gasteiger partial charge in [0.2, 0.25) is 0 Å². The summed E-state index contributed by atoms with van der Waals surface area (Å²) in [5.41, 5.74) is 1.27. The lowest BCUT2D eigenvalue weighted by Gasteiger charge is -2.38. The van der Waals surface area contributed by atoms with Gasteiger partial charge in [0.15, 0.2) is 29.3 Å². The number of anilines is 1. The van der Waals surface area contributed by atoms with Gasteiger partial charge in [-0.1, -0.05) is 36.4 Å². The Morgan fingerprint density at radius 2 is 1.66 bits per heavy atom. The third kappa shape index (κ3) is 4.47. The molecule has 11 heteroatoms. The Morgan fingerprint density at radius 3 is 2.37 bits per heavy atom. The topological polar surface area (TPSA) is 149 Å². The van der Waals surface area contributed by atoms with Crippen LogP contribution in [0.5, 0.6) is 0 Å². The maximum atomic E-state index is 12.7. The molecule has 1 aliphatic rings. The number of ether oxygens (including phenoxy) is 2. The Hall–Kier alpha value is -4.19. The normalized spacial score (nSPS) is 22.0. The molecule has 0 radical (unpaired) electrons. The summed E-state index contributed by atoms with van der Waals surface area (Å²) in [5.74, 6) is -0.883. The van der Waals surface area contributed by atoms with Crippen molar-refractivity contribution in [3.8, 4) is 0 Å². The third-order valence-electron chi connectivity index (χ3n) is 5.60. The van der Waals surface area contributed by atoms with Gasteiger partial charge in [-0.25, -0.2) is 19.7 Å². The van der Waals surface area contributed by atoms with Gasteiger partial charge in [0.05, 0.1) is 18.5 Å². The van der Waals surface area contributed by atoms with E-state index in [-0.39, 0.29) is 35.1 Å². The molecule has 35 heavy (non-hydrogen) atoms. The van der Waals surface area contributed by atoms with Crippen molar-refractivity contribution < 1.29 is 29.3 Å². The van der Waals surface area contributed by atoms with Crippen LogP contribution in [0.25, 0.3) is 11.2 Å². The summed E-state index contributed by atoms with van der Waals surface area (Å²) < 4.78 is 12.8. The first kappa shape index (κ1) is 22.6. The first-order valence-corrected chi connectivity index (χ1v) is 10.8. The van der Waals surface area contributed by atoms with Gasteiger partial charge in [0.1, 0.15) is 18.5 Å². The summed E-state index contributed by atoms with van der Waals surface area (Å²) >= 11 is 0. The summed E-state index contributed by atoms with van der Waals surface area (Å²) in [6.07, 6.45) is -2.35. The molecule has 4 aromatic rings. The van der Waals surface area contributed by atoms with Crippen molar-refractivity contribution in [3.63, 3.8) is 0 Å². The van der Waals surface area contributed by atoms with Crippen LogP contribution < -0.4 is 5.32 Å². The molecule has 4 atom stereocenters. The number of carbonyl (C=O) groups excluding carboxylic acids is 2. The predicted molar refractivity (Wildman–Crippen MR) is 122 cm³/mol. The van der Waals surface area contributed by atoms with Crippen molar-refractivity contribution in [1.29, 1.82) is 0 Å². The number of nitrogens with one attached hydrogen (secondary N) is 1. The number of esters is 1. The summed E-state index contributed by atoms with van der Waals surface area (Å²) in [4.78, 5) is 38.0. The number of hydrogen-bond donors (Lipinski definition) is 3. The molecule has 3 N–H and O–H groups in total. The van der Waals surface area contributed by atoms with Crippen molar-refractivity contribution in [1.82, 2.24) is 19.5 Å². The van der Waals surface area contributed by atoms with Gasteiger partial charge in [0.25, 0.3) is 5.91 Å². The second-order valence-corrected chi connectivity index (χ2v) is 7.88. The van der Waals surface area contributed by atoms with Crippen molar-refractivity contribution in [2.75, 3.05) is 11.9 Å². The zero-order valence-corrected chi connectivity index (χ0v) is 18.3. The van der Waals surface area contributed by atoms with E-state index in [2.05, 4.69) is 20.3 Å². The fourth-order valence-corrected chi connectivity index (χ4v) is 3.81. The molecule has 0 bridgehead atoms. The van der Waals surface area contributed by atoms with E-state index in [1.165, 1.54) is 17.2 Å². The van der Waals surface area contributed by atoms with Crippen LogP contribution in [0.2, 0.25) is 0 Å². The lowest BCUT2D eigenvalue weighted by atomic mass is 10.0. The van der Waals surface area contributed by atoms with Gasteiger partial charge in [-0.3, -0.25) is 9.36 Å². The summed E-state index contributed by atoms with van der Waals surface area (Å²) in [7, 11) is 0. The highest BCUT2D eigenvalue weighted by atomic mass is 16.6. The molecule has 1 fully saturated rings. The Morgan fingerprint density at radius 1 is 0.971 bits per heavy atom. The molecule has 0 saturated carbocycles. The molecule has 2 aromatic carbocycles. The molecule has 11 nitrogen and oxygen atoms in total. The first-order valence-electron chi connectivity index (χ1n) is 10.8.